The monoisotopic (exact) mass is 308 g/mol. The molecule has 1 aliphatic rings. The predicted molar refractivity (Wildman–Crippen MR) is 70.1 cm³/mol. The quantitative estimate of drug-likeness (QED) is 0.922. The molecule has 0 aromatic carbocycles. The van der Waals surface area contributed by atoms with Crippen molar-refractivity contribution in [1.82, 2.24) is 20.4 Å². The molecular weight excluding hydrogens is 296 g/mol. The van der Waals surface area contributed by atoms with E-state index in [1.807, 2.05) is 12.1 Å². The van der Waals surface area contributed by atoms with Gasteiger partial charge >= 0.3 is 0 Å². The predicted octanol–water partition coefficient (Wildman–Crippen LogP) is 2.36. The van der Waals surface area contributed by atoms with Gasteiger partial charge in [-0.1, -0.05) is 5.16 Å². The van der Waals surface area contributed by atoms with Gasteiger partial charge in [-0.3, -0.25) is 0 Å². The zero-order valence-corrected chi connectivity index (χ0v) is 11.4. The molecule has 1 atom stereocenters. The van der Waals surface area contributed by atoms with Crippen LogP contribution in [0.4, 0.5) is 0 Å². The third-order valence-electron chi connectivity index (χ3n) is 3.05. The topological polar surface area (TPSA) is 63.8 Å². The van der Waals surface area contributed by atoms with E-state index in [1.54, 1.807) is 6.20 Å². The molecule has 94 valence electrons. The molecule has 3 rings (SSSR count). The fourth-order valence-electron chi connectivity index (χ4n) is 2.08. The Morgan fingerprint density at radius 1 is 1.39 bits per heavy atom. The molecule has 2 aromatic rings. The van der Waals surface area contributed by atoms with Crippen molar-refractivity contribution in [2.24, 2.45) is 0 Å². The van der Waals surface area contributed by atoms with E-state index in [0.717, 1.165) is 36.2 Å². The Bertz CT molecular complexity index is 519. The average Bonchev–Trinajstić information content (AvgIpc) is 2.90. The normalized spacial score (nSPS) is 19.9. The fraction of sp³-hybridized carbons (Fsp3) is 0.417. The maximum atomic E-state index is 5.28. The van der Waals surface area contributed by atoms with E-state index in [1.165, 1.54) is 0 Å². The van der Waals surface area contributed by atoms with Crippen LogP contribution in [0.1, 0.15) is 24.6 Å². The van der Waals surface area contributed by atoms with E-state index in [-0.39, 0.29) is 0 Å². The van der Waals surface area contributed by atoms with Crippen LogP contribution in [0, 0.1) is 0 Å². The smallest absolute Gasteiger partial charge is 0.276 e. The molecule has 0 spiro atoms. The molecule has 1 saturated heterocycles. The van der Waals surface area contributed by atoms with Gasteiger partial charge in [-0.25, -0.2) is 4.98 Å². The minimum absolute atomic E-state index is 0.353. The molecule has 1 aliphatic heterocycles. The van der Waals surface area contributed by atoms with Crippen molar-refractivity contribution >= 4 is 15.9 Å². The molecule has 1 unspecified atom stereocenters. The van der Waals surface area contributed by atoms with Gasteiger partial charge in [0.1, 0.15) is 5.69 Å². The SMILES string of the molecule is Brc1ccc(-c2nc(C3CCCNC3)no2)nc1. The molecule has 6 heteroatoms. The molecule has 18 heavy (non-hydrogen) atoms. The summed E-state index contributed by atoms with van der Waals surface area (Å²) in [6, 6.07) is 3.77. The van der Waals surface area contributed by atoms with Crippen LogP contribution in [0.3, 0.4) is 0 Å². The number of rotatable bonds is 2. The van der Waals surface area contributed by atoms with Gasteiger partial charge in [-0.05, 0) is 47.4 Å². The maximum absolute atomic E-state index is 5.28. The van der Waals surface area contributed by atoms with E-state index in [0.29, 0.717) is 17.5 Å². The van der Waals surface area contributed by atoms with Crippen LogP contribution in [-0.2, 0) is 0 Å². The summed E-state index contributed by atoms with van der Waals surface area (Å²) in [6.07, 6.45) is 3.99. The minimum Gasteiger partial charge on any atom is -0.332 e. The maximum Gasteiger partial charge on any atom is 0.276 e. The number of piperidine rings is 1. The number of halogens is 1. The number of nitrogens with one attached hydrogen (secondary N) is 1. The Labute approximate surface area is 113 Å². The van der Waals surface area contributed by atoms with Crippen molar-refractivity contribution in [3.63, 3.8) is 0 Å². The summed E-state index contributed by atoms with van der Waals surface area (Å²) in [6.45, 7) is 2.00. The summed E-state index contributed by atoms with van der Waals surface area (Å²) in [5.41, 5.74) is 0.709. The summed E-state index contributed by atoms with van der Waals surface area (Å²) < 4.78 is 6.21. The highest BCUT2D eigenvalue weighted by atomic mass is 79.9. The summed E-state index contributed by atoms with van der Waals surface area (Å²) in [7, 11) is 0. The second-order valence-electron chi connectivity index (χ2n) is 4.36. The molecule has 1 fully saturated rings. The van der Waals surface area contributed by atoms with E-state index < -0.39 is 0 Å². The molecule has 0 amide bonds. The summed E-state index contributed by atoms with van der Waals surface area (Å²) in [4.78, 5) is 8.69. The first-order valence-corrected chi connectivity index (χ1v) is 6.78. The van der Waals surface area contributed by atoms with Gasteiger partial charge in [0.15, 0.2) is 5.82 Å². The van der Waals surface area contributed by atoms with Crippen molar-refractivity contribution < 1.29 is 4.52 Å². The zero-order valence-electron chi connectivity index (χ0n) is 9.77. The summed E-state index contributed by atoms with van der Waals surface area (Å²) in [5, 5.41) is 7.41. The highest BCUT2D eigenvalue weighted by molar-refractivity contribution is 9.10. The van der Waals surface area contributed by atoms with E-state index >= 15 is 0 Å². The van der Waals surface area contributed by atoms with E-state index in [9.17, 15) is 0 Å². The van der Waals surface area contributed by atoms with E-state index in [4.69, 9.17) is 4.52 Å². The second-order valence-corrected chi connectivity index (χ2v) is 5.28. The van der Waals surface area contributed by atoms with Crippen LogP contribution < -0.4 is 5.32 Å². The lowest BCUT2D eigenvalue weighted by Crippen LogP contribution is -2.28. The molecule has 2 aromatic heterocycles. The molecule has 3 heterocycles. The molecule has 0 bridgehead atoms. The zero-order chi connectivity index (χ0) is 12.4. The number of pyridine rings is 1. The molecule has 5 nitrogen and oxygen atoms in total. The van der Waals surface area contributed by atoms with Crippen LogP contribution in [0.25, 0.3) is 11.6 Å². The number of aromatic nitrogens is 3. The highest BCUT2D eigenvalue weighted by Crippen LogP contribution is 2.23. The highest BCUT2D eigenvalue weighted by Gasteiger charge is 2.21. The number of hydrogen-bond acceptors (Lipinski definition) is 5. The van der Waals surface area contributed by atoms with Gasteiger partial charge < -0.3 is 9.84 Å². The lowest BCUT2D eigenvalue weighted by atomic mass is 9.99. The van der Waals surface area contributed by atoms with E-state index in [2.05, 4.69) is 36.4 Å². The van der Waals surface area contributed by atoms with Crippen molar-refractivity contribution in [1.29, 1.82) is 0 Å². The van der Waals surface area contributed by atoms with Crippen molar-refractivity contribution in [3.8, 4) is 11.6 Å². The van der Waals surface area contributed by atoms with Gasteiger partial charge in [-0.2, -0.15) is 4.98 Å². The number of hydrogen-bond donors (Lipinski definition) is 1. The van der Waals surface area contributed by atoms with Crippen LogP contribution in [0.15, 0.2) is 27.3 Å². The van der Waals surface area contributed by atoms with Gasteiger partial charge in [0.05, 0.1) is 0 Å². The Kier molecular flexibility index (Phi) is 3.38. The van der Waals surface area contributed by atoms with Crippen molar-refractivity contribution in [2.75, 3.05) is 13.1 Å². The first-order chi connectivity index (χ1) is 8.83. The molecule has 1 N–H and O–H groups in total. The molecular formula is C12H13BrN4O. The van der Waals surface area contributed by atoms with Gasteiger partial charge in [-0.15, -0.1) is 0 Å². The number of nitrogens with zero attached hydrogens (tertiary/aromatic N) is 3. The Balaban J connectivity index is 1.82. The average molecular weight is 309 g/mol. The van der Waals surface area contributed by atoms with Crippen LogP contribution >= 0.6 is 15.9 Å². The third-order valence-corrected chi connectivity index (χ3v) is 3.52. The van der Waals surface area contributed by atoms with Crippen molar-refractivity contribution in [3.05, 3.63) is 28.6 Å². The lowest BCUT2D eigenvalue weighted by Gasteiger charge is -2.19. The molecule has 0 aliphatic carbocycles. The first-order valence-electron chi connectivity index (χ1n) is 5.99. The minimum atomic E-state index is 0.353. The van der Waals surface area contributed by atoms with Crippen LogP contribution in [-0.4, -0.2) is 28.2 Å². The summed E-state index contributed by atoms with van der Waals surface area (Å²) in [5.74, 6) is 1.62. The Morgan fingerprint density at radius 2 is 2.33 bits per heavy atom. The van der Waals surface area contributed by atoms with Crippen LogP contribution in [0.2, 0.25) is 0 Å². The van der Waals surface area contributed by atoms with Gasteiger partial charge in [0.25, 0.3) is 5.89 Å². The van der Waals surface area contributed by atoms with Crippen molar-refractivity contribution in [2.45, 2.75) is 18.8 Å². The largest absolute Gasteiger partial charge is 0.332 e. The molecule has 0 radical (unpaired) electrons. The summed E-state index contributed by atoms with van der Waals surface area (Å²) >= 11 is 3.35. The Hall–Kier alpha value is -1.27. The molecule has 0 saturated carbocycles. The second kappa shape index (κ2) is 5.16. The van der Waals surface area contributed by atoms with Gasteiger partial charge in [0.2, 0.25) is 0 Å². The first kappa shape index (κ1) is 11.8. The fourth-order valence-corrected chi connectivity index (χ4v) is 2.31. The third kappa shape index (κ3) is 2.44. The lowest BCUT2D eigenvalue weighted by molar-refractivity contribution is 0.392. The standard InChI is InChI=1S/C12H13BrN4O/c13-9-3-4-10(15-7-9)12-16-11(17-18-12)8-2-1-5-14-6-8/h3-4,7-8,14H,1-2,5-6H2. The van der Waals surface area contributed by atoms with Gasteiger partial charge in [0, 0.05) is 23.1 Å². The van der Waals surface area contributed by atoms with Crippen LogP contribution in [0.5, 0.6) is 0 Å². The Morgan fingerprint density at radius 3 is 3.06 bits per heavy atom.